The molecule has 0 radical (unpaired) electrons. The highest BCUT2D eigenvalue weighted by molar-refractivity contribution is 6.35. The van der Waals surface area contributed by atoms with Gasteiger partial charge in [0.05, 0.1) is 24.8 Å². The van der Waals surface area contributed by atoms with Gasteiger partial charge < -0.3 is 24.8 Å². The second-order valence-corrected chi connectivity index (χ2v) is 8.20. The average molecular weight is 473 g/mol. The molecule has 0 saturated carbocycles. The van der Waals surface area contributed by atoms with E-state index in [1.165, 1.54) is 6.07 Å². The summed E-state index contributed by atoms with van der Waals surface area (Å²) in [5.74, 6) is 0.990. The molecule has 2 N–H and O–H groups in total. The molecule has 0 spiro atoms. The Labute approximate surface area is 196 Å². The van der Waals surface area contributed by atoms with Crippen molar-refractivity contribution in [1.82, 2.24) is 4.90 Å². The molecule has 0 saturated heterocycles. The minimum Gasteiger partial charge on any atom is -0.506 e. The first-order valence-corrected chi connectivity index (χ1v) is 10.7. The number of rotatable bonds is 6. The second-order valence-electron chi connectivity index (χ2n) is 7.36. The highest BCUT2D eigenvalue weighted by Crippen LogP contribution is 2.41. The zero-order valence-electron chi connectivity index (χ0n) is 17.6. The maximum absolute atomic E-state index is 13.4. The highest BCUT2D eigenvalue weighted by Gasteiger charge is 2.34. The summed E-state index contributed by atoms with van der Waals surface area (Å²) < 4.78 is 10.7. The smallest absolute Gasteiger partial charge is 0.257 e. The molecule has 32 heavy (non-hydrogen) atoms. The standard InChI is InChI=1S/C24H22Cl2N2O4/c1-31-20-8-7-14(11-21(20)32-2)9-10-28-23(17-12-15(25)13-18(26)22(17)29)27-19-6-4-3-5-16(19)24(28)30/h3-8,11-13,23,27,29H,9-10H2,1-2H3. The van der Waals surface area contributed by atoms with Gasteiger partial charge in [-0.05, 0) is 48.4 Å². The number of methoxy groups -OCH3 is 2. The lowest BCUT2D eigenvalue weighted by Crippen LogP contribution is -2.44. The van der Waals surface area contributed by atoms with Crippen LogP contribution in [-0.2, 0) is 6.42 Å². The summed E-state index contributed by atoms with van der Waals surface area (Å²) in [5.41, 5.74) is 2.64. The monoisotopic (exact) mass is 472 g/mol. The van der Waals surface area contributed by atoms with Crippen LogP contribution in [0.25, 0.3) is 0 Å². The van der Waals surface area contributed by atoms with E-state index in [-0.39, 0.29) is 16.7 Å². The van der Waals surface area contributed by atoms with E-state index in [0.29, 0.717) is 46.3 Å². The number of phenolic OH excluding ortho intramolecular Hbond substituents is 1. The van der Waals surface area contributed by atoms with Gasteiger partial charge in [0, 0.05) is 22.8 Å². The van der Waals surface area contributed by atoms with Gasteiger partial charge >= 0.3 is 0 Å². The third-order valence-electron chi connectivity index (χ3n) is 5.46. The number of anilines is 1. The van der Waals surface area contributed by atoms with Crippen LogP contribution in [0.3, 0.4) is 0 Å². The van der Waals surface area contributed by atoms with Crippen LogP contribution in [0.4, 0.5) is 5.69 Å². The van der Waals surface area contributed by atoms with Crippen LogP contribution < -0.4 is 14.8 Å². The van der Waals surface area contributed by atoms with Crippen molar-refractivity contribution in [2.75, 3.05) is 26.1 Å². The van der Waals surface area contributed by atoms with E-state index >= 15 is 0 Å². The molecule has 0 fully saturated rings. The summed E-state index contributed by atoms with van der Waals surface area (Å²) in [7, 11) is 3.17. The van der Waals surface area contributed by atoms with Crippen molar-refractivity contribution in [2.45, 2.75) is 12.6 Å². The fourth-order valence-electron chi connectivity index (χ4n) is 3.85. The summed E-state index contributed by atoms with van der Waals surface area (Å²) >= 11 is 12.4. The maximum atomic E-state index is 13.4. The number of ether oxygens (including phenoxy) is 2. The molecule has 0 aromatic heterocycles. The Morgan fingerprint density at radius 3 is 2.53 bits per heavy atom. The predicted octanol–water partition coefficient (Wildman–Crippen LogP) is 5.53. The van der Waals surface area contributed by atoms with Crippen LogP contribution in [0.5, 0.6) is 17.2 Å². The molecular formula is C24H22Cl2N2O4. The molecule has 0 aliphatic carbocycles. The van der Waals surface area contributed by atoms with Crippen molar-refractivity contribution >= 4 is 34.8 Å². The Kier molecular flexibility index (Phi) is 6.35. The van der Waals surface area contributed by atoms with Gasteiger partial charge in [0.1, 0.15) is 11.9 Å². The highest BCUT2D eigenvalue weighted by atomic mass is 35.5. The molecule has 1 aliphatic heterocycles. The zero-order chi connectivity index (χ0) is 22.8. The molecule has 1 heterocycles. The van der Waals surface area contributed by atoms with Gasteiger partial charge in [-0.3, -0.25) is 4.79 Å². The Hall–Kier alpha value is -3.09. The molecule has 0 bridgehead atoms. The number of amides is 1. The molecule has 6 nitrogen and oxygen atoms in total. The minimum atomic E-state index is -0.645. The predicted molar refractivity (Wildman–Crippen MR) is 125 cm³/mol. The number of nitrogens with one attached hydrogen (secondary N) is 1. The summed E-state index contributed by atoms with van der Waals surface area (Å²) in [6, 6.07) is 16.0. The topological polar surface area (TPSA) is 71.0 Å². The summed E-state index contributed by atoms with van der Waals surface area (Å²) in [6.45, 7) is 0.379. The third-order valence-corrected chi connectivity index (χ3v) is 5.97. The Morgan fingerprint density at radius 1 is 1.03 bits per heavy atom. The van der Waals surface area contributed by atoms with Crippen molar-refractivity contribution < 1.29 is 19.4 Å². The number of benzene rings is 3. The molecule has 1 atom stereocenters. The van der Waals surface area contributed by atoms with E-state index < -0.39 is 6.17 Å². The molecule has 166 valence electrons. The van der Waals surface area contributed by atoms with Crippen LogP contribution in [0.15, 0.2) is 54.6 Å². The number of fused-ring (bicyclic) bond motifs is 1. The lowest BCUT2D eigenvalue weighted by molar-refractivity contribution is 0.0684. The number of aromatic hydroxyl groups is 1. The fraction of sp³-hybridized carbons (Fsp3) is 0.208. The summed E-state index contributed by atoms with van der Waals surface area (Å²) in [5, 5.41) is 14.5. The lowest BCUT2D eigenvalue weighted by Gasteiger charge is -2.38. The number of halogens is 2. The molecular weight excluding hydrogens is 451 g/mol. The first-order chi connectivity index (χ1) is 15.4. The molecule has 8 heteroatoms. The van der Waals surface area contributed by atoms with Gasteiger partial charge in [-0.2, -0.15) is 0 Å². The van der Waals surface area contributed by atoms with E-state index in [1.54, 1.807) is 31.3 Å². The van der Waals surface area contributed by atoms with Crippen molar-refractivity contribution in [3.8, 4) is 17.2 Å². The second kappa shape index (κ2) is 9.18. The quantitative estimate of drug-likeness (QED) is 0.493. The van der Waals surface area contributed by atoms with E-state index in [0.717, 1.165) is 5.56 Å². The van der Waals surface area contributed by atoms with Crippen molar-refractivity contribution in [3.05, 3.63) is 81.3 Å². The fourth-order valence-corrected chi connectivity index (χ4v) is 4.36. The van der Waals surface area contributed by atoms with Gasteiger partial charge in [0.15, 0.2) is 11.5 Å². The van der Waals surface area contributed by atoms with Crippen LogP contribution in [0, 0.1) is 0 Å². The van der Waals surface area contributed by atoms with Gasteiger partial charge in [0.25, 0.3) is 5.91 Å². The van der Waals surface area contributed by atoms with E-state index in [2.05, 4.69) is 5.32 Å². The molecule has 4 rings (SSSR count). The van der Waals surface area contributed by atoms with Crippen molar-refractivity contribution in [3.63, 3.8) is 0 Å². The number of phenols is 1. The summed E-state index contributed by atoms with van der Waals surface area (Å²) in [6.07, 6.45) is -0.0876. The number of carbonyl (C=O) groups is 1. The molecule has 1 aliphatic rings. The largest absolute Gasteiger partial charge is 0.506 e. The Morgan fingerprint density at radius 2 is 1.78 bits per heavy atom. The Balaban J connectivity index is 1.70. The number of para-hydroxylation sites is 1. The van der Waals surface area contributed by atoms with Crippen molar-refractivity contribution in [2.24, 2.45) is 0 Å². The molecule has 3 aromatic rings. The normalized spacial score (nSPS) is 15.2. The molecule has 1 unspecified atom stereocenters. The number of nitrogens with zero attached hydrogens (tertiary/aromatic N) is 1. The van der Waals surface area contributed by atoms with E-state index in [9.17, 15) is 9.90 Å². The van der Waals surface area contributed by atoms with Gasteiger partial charge in [-0.15, -0.1) is 0 Å². The van der Waals surface area contributed by atoms with Gasteiger partial charge in [-0.25, -0.2) is 0 Å². The number of hydrogen-bond donors (Lipinski definition) is 2. The third kappa shape index (κ3) is 4.16. The lowest BCUT2D eigenvalue weighted by atomic mass is 10.0. The molecule has 1 amide bonds. The van der Waals surface area contributed by atoms with Crippen LogP contribution in [0.1, 0.15) is 27.7 Å². The Bertz CT molecular complexity index is 1170. The van der Waals surface area contributed by atoms with E-state index in [4.69, 9.17) is 32.7 Å². The number of carbonyl (C=O) groups excluding carboxylic acids is 1. The zero-order valence-corrected chi connectivity index (χ0v) is 19.1. The average Bonchev–Trinajstić information content (AvgIpc) is 2.80. The first-order valence-electron chi connectivity index (χ1n) is 9.98. The maximum Gasteiger partial charge on any atom is 0.257 e. The SMILES string of the molecule is COc1ccc(CCN2C(=O)c3ccccc3NC2c2cc(Cl)cc(Cl)c2O)cc1OC. The number of hydrogen-bond acceptors (Lipinski definition) is 5. The van der Waals surface area contributed by atoms with Crippen LogP contribution >= 0.6 is 23.2 Å². The minimum absolute atomic E-state index is 0.114. The molecule has 3 aromatic carbocycles. The summed E-state index contributed by atoms with van der Waals surface area (Å²) in [4.78, 5) is 15.1. The van der Waals surface area contributed by atoms with Gasteiger partial charge in [0.2, 0.25) is 0 Å². The first kappa shape index (κ1) is 22.1. The van der Waals surface area contributed by atoms with E-state index in [1.807, 2.05) is 36.4 Å². The van der Waals surface area contributed by atoms with Crippen LogP contribution in [0.2, 0.25) is 10.0 Å². The van der Waals surface area contributed by atoms with Crippen molar-refractivity contribution in [1.29, 1.82) is 0 Å². The van der Waals surface area contributed by atoms with Crippen LogP contribution in [-0.4, -0.2) is 36.7 Å². The van der Waals surface area contributed by atoms with Gasteiger partial charge in [-0.1, -0.05) is 41.4 Å².